The minimum atomic E-state index is -0.471. The van der Waals surface area contributed by atoms with Gasteiger partial charge in [-0.3, -0.25) is 24.0 Å². The van der Waals surface area contributed by atoms with Crippen molar-refractivity contribution in [2.45, 2.75) is 10.8 Å². The molecule has 2 heterocycles. The van der Waals surface area contributed by atoms with Gasteiger partial charge in [-0.15, -0.1) is 11.8 Å². The van der Waals surface area contributed by atoms with Crippen molar-refractivity contribution in [2.24, 2.45) is 14.1 Å². The molecule has 0 saturated carbocycles. The zero-order valence-electron chi connectivity index (χ0n) is 16.7. The van der Waals surface area contributed by atoms with Gasteiger partial charge < -0.3 is 0 Å². The largest absolute Gasteiger partial charge is 0.332 e. The highest BCUT2D eigenvalue weighted by Crippen LogP contribution is 2.28. The molecule has 0 N–H and O–H groups in total. The highest BCUT2D eigenvalue weighted by molar-refractivity contribution is 7.98. The van der Waals surface area contributed by atoms with E-state index in [2.05, 4.69) is 9.97 Å². The van der Waals surface area contributed by atoms with Gasteiger partial charge in [-0.25, -0.2) is 14.8 Å². The average Bonchev–Trinajstić information content (AvgIpc) is 2.80. The van der Waals surface area contributed by atoms with E-state index in [1.165, 1.54) is 35.5 Å². The third kappa shape index (κ3) is 3.84. The Balaban J connectivity index is 1.84. The van der Waals surface area contributed by atoms with E-state index in [-0.39, 0.29) is 16.7 Å². The highest BCUT2D eigenvalue weighted by atomic mass is 32.2. The molecule has 156 valence electrons. The first-order valence-corrected chi connectivity index (χ1v) is 10.2. The summed E-state index contributed by atoms with van der Waals surface area (Å²) in [5.74, 6) is 0.840. The molecule has 2 aromatic carbocycles. The van der Waals surface area contributed by atoms with E-state index in [0.717, 1.165) is 15.7 Å². The summed E-state index contributed by atoms with van der Waals surface area (Å²) >= 11 is 1.31. The van der Waals surface area contributed by atoms with E-state index in [0.29, 0.717) is 16.6 Å². The van der Waals surface area contributed by atoms with Crippen LogP contribution in [0.15, 0.2) is 69.2 Å². The summed E-state index contributed by atoms with van der Waals surface area (Å²) in [7, 11) is 2.98. The van der Waals surface area contributed by atoms with Crippen LogP contribution in [-0.2, 0) is 19.8 Å². The molecule has 4 aromatic rings. The van der Waals surface area contributed by atoms with Gasteiger partial charge in [0.25, 0.3) is 11.2 Å². The normalized spacial score (nSPS) is 11.0. The molecule has 0 fully saturated rings. The number of benzene rings is 2. The van der Waals surface area contributed by atoms with Crippen LogP contribution in [0.25, 0.3) is 22.4 Å². The van der Waals surface area contributed by atoms with Gasteiger partial charge in [0.2, 0.25) is 0 Å². The number of aryl methyl sites for hydroxylation is 1. The molecular weight excluding hydrogens is 418 g/mol. The van der Waals surface area contributed by atoms with Crippen molar-refractivity contribution in [3.8, 4) is 11.4 Å². The first-order chi connectivity index (χ1) is 14.9. The molecule has 0 spiro atoms. The van der Waals surface area contributed by atoms with Crippen LogP contribution in [0.4, 0.5) is 5.69 Å². The number of aromatic nitrogens is 4. The number of rotatable bonds is 5. The summed E-state index contributed by atoms with van der Waals surface area (Å²) in [6.45, 7) is 0. The van der Waals surface area contributed by atoms with E-state index in [1.807, 2.05) is 30.3 Å². The van der Waals surface area contributed by atoms with Crippen molar-refractivity contribution in [3.05, 3.63) is 91.1 Å². The van der Waals surface area contributed by atoms with E-state index in [9.17, 15) is 19.7 Å². The summed E-state index contributed by atoms with van der Waals surface area (Å²) in [6, 6.07) is 15.5. The van der Waals surface area contributed by atoms with Crippen LogP contribution in [0.1, 0.15) is 5.56 Å². The Morgan fingerprint density at radius 1 is 0.968 bits per heavy atom. The van der Waals surface area contributed by atoms with Gasteiger partial charge in [-0.05, 0) is 5.56 Å². The minimum Gasteiger partial charge on any atom is -0.280 e. The Labute approximate surface area is 180 Å². The standard InChI is InChI=1S/C21H17N5O4S/c1-24-18-16(20(27)25(2)21(24)28)19(23-17(22-18)14-6-4-3-5-7-14)31-12-13-8-10-15(11-9-13)26(29)30/h3-11H,12H2,1-2H3. The molecule has 9 nitrogen and oxygen atoms in total. The molecule has 0 atom stereocenters. The van der Waals surface area contributed by atoms with E-state index >= 15 is 0 Å². The van der Waals surface area contributed by atoms with Gasteiger partial charge in [0.05, 0.1) is 4.92 Å². The van der Waals surface area contributed by atoms with Crippen LogP contribution in [0.3, 0.4) is 0 Å². The lowest BCUT2D eigenvalue weighted by Gasteiger charge is -2.12. The van der Waals surface area contributed by atoms with Crippen LogP contribution in [-0.4, -0.2) is 24.0 Å². The summed E-state index contributed by atoms with van der Waals surface area (Å²) in [5, 5.41) is 11.6. The maximum Gasteiger partial charge on any atom is 0.332 e. The van der Waals surface area contributed by atoms with Crippen molar-refractivity contribution >= 4 is 28.5 Å². The second kappa shape index (κ2) is 8.15. The highest BCUT2D eigenvalue weighted by Gasteiger charge is 2.18. The number of nitro benzene ring substituents is 1. The zero-order chi connectivity index (χ0) is 22.1. The fourth-order valence-corrected chi connectivity index (χ4v) is 4.09. The number of non-ortho nitro benzene ring substituents is 1. The van der Waals surface area contributed by atoms with Gasteiger partial charge in [0, 0.05) is 37.5 Å². The van der Waals surface area contributed by atoms with Crippen LogP contribution < -0.4 is 11.2 Å². The minimum absolute atomic E-state index is 0.0106. The smallest absolute Gasteiger partial charge is 0.280 e. The number of nitro groups is 1. The summed E-state index contributed by atoms with van der Waals surface area (Å²) in [4.78, 5) is 44.8. The first kappa shape index (κ1) is 20.5. The molecule has 0 bridgehead atoms. The fraction of sp³-hybridized carbons (Fsp3) is 0.143. The Hall–Kier alpha value is -3.79. The molecule has 4 rings (SSSR count). The molecule has 31 heavy (non-hydrogen) atoms. The van der Waals surface area contributed by atoms with Crippen LogP contribution in [0.2, 0.25) is 0 Å². The number of thioether (sulfide) groups is 1. The molecule has 0 aliphatic carbocycles. The molecule has 0 aliphatic rings. The lowest BCUT2D eigenvalue weighted by Crippen LogP contribution is -2.37. The monoisotopic (exact) mass is 435 g/mol. The Kier molecular flexibility index (Phi) is 5.38. The molecule has 2 aromatic heterocycles. The van der Waals surface area contributed by atoms with Gasteiger partial charge in [-0.1, -0.05) is 42.5 Å². The van der Waals surface area contributed by atoms with E-state index < -0.39 is 16.2 Å². The molecule has 0 saturated heterocycles. The fourth-order valence-electron chi connectivity index (χ4n) is 3.12. The van der Waals surface area contributed by atoms with Crippen molar-refractivity contribution in [1.82, 2.24) is 19.1 Å². The number of nitrogens with zero attached hydrogens (tertiary/aromatic N) is 5. The Bertz CT molecular complexity index is 1410. The summed E-state index contributed by atoms with van der Waals surface area (Å²) in [5.41, 5.74) is 0.926. The maximum atomic E-state index is 12.9. The van der Waals surface area contributed by atoms with Gasteiger partial charge >= 0.3 is 5.69 Å². The maximum absolute atomic E-state index is 12.9. The van der Waals surface area contributed by atoms with E-state index in [1.54, 1.807) is 19.2 Å². The van der Waals surface area contributed by atoms with Gasteiger partial charge in [0.15, 0.2) is 11.5 Å². The predicted octanol–water partition coefficient (Wildman–Crippen LogP) is 2.89. The number of fused-ring (bicyclic) bond motifs is 1. The number of hydrogen-bond donors (Lipinski definition) is 0. The summed E-state index contributed by atoms with van der Waals surface area (Å²) in [6.07, 6.45) is 0. The molecule has 0 amide bonds. The molecule has 0 unspecified atom stereocenters. The van der Waals surface area contributed by atoms with Crippen molar-refractivity contribution in [3.63, 3.8) is 0 Å². The Morgan fingerprint density at radius 2 is 1.65 bits per heavy atom. The SMILES string of the molecule is Cn1c(=O)c2c(SCc3ccc([N+](=O)[O-])cc3)nc(-c3ccccc3)nc2n(C)c1=O. The lowest BCUT2D eigenvalue weighted by atomic mass is 10.2. The topological polar surface area (TPSA) is 113 Å². The van der Waals surface area contributed by atoms with Crippen molar-refractivity contribution in [2.75, 3.05) is 0 Å². The van der Waals surface area contributed by atoms with E-state index in [4.69, 9.17) is 0 Å². The molecular formula is C21H17N5O4S. The second-order valence-corrected chi connectivity index (χ2v) is 7.80. The third-order valence-electron chi connectivity index (χ3n) is 4.82. The van der Waals surface area contributed by atoms with Gasteiger partial charge in [-0.2, -0.15) is 0 Å². The van der Waals surface area contributed by atoms with Crippen molar-refractivity contribution < 1.29 is 4.92 Å². The van der Waals surface area contributed by atoms with Crippen LogP contribution >= 0.6 is 11.8 Å². The zero-order valence-corrected chi connectivity index (χ0v) is 17.5. The van der Waals surface area contributed by atoms with Crippen LogP contribution in [0, 0.1) is 10.1 Å². The van der Waals surface area contributed by atoms with Crippen molar-refractivity contribution in [1.29, 1.82) is 0 Å². The average molecular weight is 435 g/mol. The number of hydrogen-bond acceptors (Lipinski definition) is 7. The predicted molar refractivity (Wildman–Crippen MR) is 118 cm³/mol. The molecule has 10 heteroatoms. The first-order valence-electron chi connectivity index (χ1n) is 9.26. The second-order valence-electron chi connectivity index (χ2n) is 6.83. The quantitative estimate of drug-likeness (QED) is 0.205. The van der Waals surface area contributed by atoms with Crippen LogP contribution in [0.5, 0.6) is 0 Å². The lowest BCUT2D eigenvalue weighted by molar-refractivity contribution is -0.384. The molecule has 0 aliphatic heterocycles. The Morgan fingerprint density at radius 3 is 2.29 bits per heavy atom. The molecule has 0 radical (unpaired) electrons. The summed E-state index contributed by atoms with van der Waals surface area (Å²) < 4.78 is 2.37. The third-order valence-corrected chi connectivity index (χ3v) is 5.87. The van der Waals surface area contributed by atoms with Gasteiger partial charge in [0.1, 0.15) is 10.4 Å².